The molecule has 35 heavy (non-hydrogen) atoms. The normalized spacial score (nSPS) is 12.8. The Morgan fingerprint density at radius 3 is 2.14 bits per heavy atom. The zero-order chi connectivity index (χ0) is 26.4. The van der Waals surface area contributed by atoms with Crippen LogP contribution in [0.15, 0.2) is 54.6 Å². The van der Waals surface area contributed by atoms with E-state index >= 15 is 0 Å². The highest BCUT2D eigenvalue weighted by molar-refractivity contribution is 7.90. The minimum absolute atomic E-state index is 0.182. The van der Waals surface area contributed by atoms with Gasteiger partial charge in [0.2, 0.25) is 11.8 Å². The van der Waals surface area contributed by atoms with E-state index in [0.717, 1.165) is 19.7 Å². The predicted octanol–water partition coefficient (Wildman–Crippen LogP) is 3.33. The molecule has 0 fully saturated rings. The summed E-state index contributed by atoms with van der Waals surface area (Å²) in [4.78, 5) is 28.5. The number of para-hydroxylation sites is 1. The Bertz CT molecular complexity index is 1110. The molecular formula is C26H38N4O4S. The monoisotopic (exact) mass is 502 g/mol. The number of aryl methyl sites for hydroxylation is 1. The number of nitrogens with zero attached hydrogens (tertiary/aromatic N) is 3. The van der Waals surface area contributed by atoms with Gasteiger partial charge in [-0.05, 0) is 51.8 Å². The molecule has 0 aromatic heterocycles. The standard InChI is InChI=1S/C26H38N4O4S/c1-8-23(25(32)27-26(3,4)5)29(18-21-14-12-13-20(2)17-21)24(31)19-30(35(33,34)28(6)7)22-15-10-9-11-16-22/h9-17,23H,8,18-19H2,1-7H3,(H,27,32). The number of hydrogen-bond acceptors (Lipinski definition) is 4. The van der Waals surface area contributed by atoms with Gasteiger partial charge < -0.3 is 10.2 Å². The molecule has 8 nitrogen and oxygen atoms in total. The van der Waals surface area contributed by atoms with Crippen molar-refractivity contribution < 1.29 is 18.0 Å². The average molecular weight is 503 g/mol. The lowest BCUT2D eigenvalue weighted by molar-refractivity contribution is -0.141. The van der Waals surface area contributed by atoms with Crippen LogP contribution in [0.3, 0.4) is 0 Å². The summed E-state index contributed by atoms with van der Waals surface area (Å²) in [5.41, 5.74) is 1.79. The van der Waals surface area contributed by atoms with Crippen LogP contribution in [-0.2, 0) is 26.3 Å². The van der Waals surface area contributed by atoms with Gasteiger partial charge in [0.25, 0.3) is 0 Å². The summed E-state index contributed by atoms with van der Waals surface area (Å²) in [6.07, 6.45) is 0.380. The molecular weight excluding hydrogens is 464 g/mol. The van der Waals surface area contributed by atoms with Gasteiger partial charge in [0.15, 0.2) is 0 Å². The Balaban J connectivity index is 2.50. The summed E-state index contributed by atoms with van der Waals surface area (Å²) in [5, 5.41) is 2.96. The number of benzene rings is 2. The Labute approximate surface area is 210 Å². The molecule has 1 unspecified atom stereocenters. The highest BCUT2D eigenvalue weighted by Crippen LogP contribution is 2.21. The van der Waals surface area contributed by atoms with Crippen molar-refractivity contribution in [3.8, 4) is 0 Å². The third-order valence-electron chi connectivity index (χ3n) is 5.38. The summed E-state index contributed by atoms with van der Waals surface area (Å²) >= 11 is 0. The molecule has 0 aliphatic heterocycles. The van der Waals surface area contributed by atoms with E-state index in [2.05, 4.69) is 5.32 Å². The maximum absolute atomic E-state index is 13.8. The van der Waals surface area contributed by atoms with Crippen molar-refractivity contribution in [2.24, 2.45) is 0 Å². The average Bonchev–Trinajstić information content (AvgIpc) is 2.76. The van der Waals surface area contributed by atoms with Crippen LogP contribution in [-0.4, -0.2) is 61.7 Å². The van der Waals surface area contributed by atoms with Crippen molar-refractivity contribution in [3.05, 3.63) is 65.7 Å². The molecule has 0 saturated carbocycles. The van der Waals surface area contributed by atoms with Gasteiger partial charge in [-0.1, -0.05) is 55.0 Å². The van der Waals surface area contributed by atoms with Crippen molar-refractivity contribution in [2.45, 2.75) is 59.2 Å². The van der Waals surface area contributed by atoms with E-state index in [-0.39, 0.29) is 12.5 Å². The van der Waals surface area contributed by atoms with Gasteiger partial charge in [-0.15, -0.1) is 0 Å². The first-order valence-electron chi connectivity index (χ1n) is 11.7. The number of carbonyl (C=O) groups is 2. The highest BCUT2D eigenvalue weighted by Gasteiger charge is 2.34. The van der Waals surface area contributed by atoms with E-state index in [1.807, 2.05) is 58.9 Å². The van der Waals surface area contributed by atoms with E-state index in [4.69, 9.17) is 0 Å². The largest absolute Gasteiger partial charge is 0.350 e. The molecule has 0 heterocycles. The van der Waals surface area contributed by atoms with Crippen molar-refractivity contribution in [1.82, 2.24) is 14.5 Å². The lowest BCUT2D eigenvalue weighted by Gasteiger charge is -2.35. The number of rotatable bonds is 10. The second-order valence-corrected chi connectivity index (χ2v) is 11.9. The highest BCUT2D eigenvalue weighted by atomic mass is 32.2. The van der Waals surface area contributed by atoms with Crippen LogP contribution in [0.1, 0.15) is 45.2 Å². The molecule has 0 spiro atoms. The quantitative estimate of drug-likeness (QED) is 0.540. The fourth-order valence-electron chi connectivity index (χ4n) is 3.69. The predicted molar refractivity (Wildman–Crippen MR) is 140 cm³/mol. The SMILES string of the molecule is CCC(C(=O)NC(C)(C)C)N(Cc1cccc(C)c1)C(=O)CN(c1ccccc1)S(=O)(=O)N(C)C. The zero-order valence-electron chi connectivity index (χ0n) is 21.8. The van der Waals surface area contributed by atoms with Crippen LogP contribution in [0.5, 0.6) is 0 Å². The van der Waals surface area contributed by atoms with Crippen LogP contribution in [0.25, 0.3) is 0 Å². The number of hydrogen-bond donors (Lipinski definition) is 1. The van der Waals surface area contributed by atoms with Crippen LogP contribution in [0.2, 0.25) is 0 Å². The van der Waals surface area contributed by atoms with E-state index in [1.165, 1.54) is 19.0 Å². The maximum Gasteiger partial charge on any atom is 0.304 e. The molecule has 0 aliphatic carbocycles. The van der Waals surface area contributed by atoms with Gasteiger partial charge >= 0.3 is 10.2 Å². The Morgan fingerprint density at radius 2 is 1.63 bits per heavy atom. The minimum Gasteiger partial charge on any atom is -0.350 e. The van der Waals surface area contributed by atoms with E-state index in [0.29, 0.717) is 12.1 Å². The van der Waals surface area contributed by atoms with Crippen LogP contribution >= 0.6 is 0 Å². The van der Waals surface area contributed by atoms with Gasteiger partial charge in [0.1, 0.15) is 12.6 Å². The molecule has 0 bridgehead atoms. The first kappa shape index (κ1) is 28.3. The number of amides is 2. The molecule has 2 rings (SSSR count). The van der Waals surface area contributed by atoms with Crippen LogP contribution < -0.4 is 9.62 Å². The fourth-order valence-corrected chi connectivity index (χ4v) is 4.75. The third kappa shape index (κ3) is 7.80. The van der Waals surface area contributed by atoms with E-state index in [9.17, 15) is 18.0 Å². The van der Waals surface area contributed by atoms with Crippen LogP contribution in [0, 0.1) is 6.92 Å². The number of nitrogens with one attached hydrogen (secondary N) is 1. The summed E-state index contributed by atoms with van der Waals surface area (Å²) in [7, 11) is -1.12. The van der Waals surface area contributed by atoms with E-state index in [1.54, 1.807) is 30.3 Å². The molecule has 1 atom stereocenters. The Morgan fingerprint density at radius 1 is 1.00 bits per heavy atom. The summed E-state index contributed by atoms with van der Waals surface area (Å²) < 4.78 is 28.5. The summed E-state index contributed by atoms with van der Waals surface area (Å²) in [6.45, 7) is 9.19. The molecule has 9 heteroatoms. The van der Waals surface area contributed by atoms with Crippen LogP contribution in [0.4, 0.5) is 5.69 Å². The first-order chi connectivity index (χ1) is 16.3. The Kier molecular flexibility index (Phi) is 9.45. The van der Waals surface area contributed by atoms with Crippen molar-refractivity contribution >= 4 is 27.7 Å². The molecule has 1 N–H and O–H groups in total. The van der Waals surface area contributed by atoms with Crippen molar-refractivity contribution in [2.75, 3.05) is 24.9 Å². The van der Waals surface area contributed by atoms with Gasteiger partial charge in [-0.2, -0.15) is 12.7 Å². The smallest absolute Gasteiger partial charge is 0.304 e. The van der Waals surface area contributed by atoms with Gasteiger partial charge in [-0.3, -0.25) is 9.59 Å². The summed E-state index contributed by atoms with van der Waals surface area (Å²) in [5.74, 6) is -0.737. The molecule has 0 radical (unpaired) electrons. The molecule has 192 valence electrons. The second kappa shape index (κ2) is 11.7. The maximum atomic E-state index is 13.8. The zero-order valence-corrected chi connectivity index (χ0v) is 22.6. The molecule has 0 aliphatic rings. The van der Waals surface area contributed by atoms with Crippen molar-refractivity contribution in [1.29, 1.82) is 0 Å². The second-order valence-electron chi connectivity index (χ2n) is 9.81. The van der Waals surface area contributed by atoms with Gasteiger partial charge in [0.05, 0.1) is 5.69 Å². The lowest BCUT2D eigenvalue weighted by atomic mass is 10.0. The summed E-state index contributed by atoms with van der Waals surface area (Å²) in [6, 6.07) is 15.4. The topological polar surface area (TPSA) is 90.0 Å². The third-order valence-corrected chi connectivity index (χ3v) is 7.20. The number of anilines is 1. The molecule has 2 aromatic rings. The molecule has 2 aromatic carbocycles. The van der Waals surface area contributed by atoms with Gasteiger partial charge in [-0.25, -0.2) is 4.31 Å². The number of carbonyl (C=O) groups excluding carboxylic acids is 2. The first-order valence-corrected chi connectivity index (χ1v) is 13.1. The molecule has 0 saturated heterocycles. The van der Waals surface area contributed by atoms with Crippen molar-refractivity contribution in [3.63, 3.8) is 0 Å². The molecule has 2 amide bonds. The minimum atomic E-state index is -3.96. The fraction of sp³-hybridized carbons (Fsp3) is 0.462. The van der Waals surface area contributed by atoms with Gasteiger partial charge in [0, 0.05) is 26.2 Å². The Hall–Kier alpha value is -2.91. The lowest BCUT2D eigenvalue weighted by Crippen LogP contribution is -2.55. The van der Waals surface area contributed by atoms with E-state index < -0.39 is 34.2 Å².